The highest BCUT2D eigenvalue weighted by Crippen LogP contribution is 2.36. The second-order valence-electron chi connectivity index (χ2n) is 5.26. The summed E-state index contributed by atoms with van der Waals surface area (Å²) in [5.74, 6) is 0.0114. The lowest BCUT2D eigenvalue weighted by atomic mass is 10.2. The molecule has 1 aliphatic carbocycles. The van der Waals surface area contributed by atoms with Crippen LogP contribution in [0.3, 0.4) is 0 Å². The number of nitrogens with zero attached hydrogens (tertiary/aromatic N) is 1. The average Bonchev–Trinajstić information content (AvgIpc) is 3.14. The van der Waals surface area contributed by atoms with Crippen molar-refractivity contribution in [2.75, 3.05) is 20.3 Å². The second kappa shape index (κ2) is 5.97. The molecule has 0 saturated heterocycles. The van der Waals surface area contributed by atoms with Crippen LogP contribution in [-0.2, 0) is 4.74 Å². The molecule has 0 bridgehead atoms. The Bertz CT molecular complexity index is 596. The maximum atomic E-state index is 12.4. The predicted molar refractivity (Wildman–Crippen MR) is 81.5 cm³/mol. The van der Waals surface area contributed by atoms with Gasteiger partial charge in [-0.3, -0.25) is 4.79 Å². The number of methoxy groups -OCH3 is 1. The molecule has 3 rings (SSSR count). The van der Waals surface area contributed by atoms with Gasteiger partial charge in [0.2, 0.25) is 0 Å². The van der Waals surface area contributed by atoms with E-state index in [9.17, 15) is 4.79 Å². The molecule has 1 amide bonds. The zero-order valence-electron chi connectivity index (χ0n) is 11.7. The van der Waals surface area contributed by atoms with Crippen LogP contribution < -0.4 is 5.32 Å². The first-order valence-electron chi connectivity index (χ1n) is 7.17. The molecule has 108 valence electrons. The fraction of sp³-hybridized carbons (Fsp3) is 0.533. The molecule has 0 atom stereocenters. The monoisotopic (exact) mass is 292 g/mol. The quantitative estimate of drug-likeness (QED) is 0.860. The largest absolute Gasteiger partial charge is 0.383 e. The molecule has 4 nitrogen and oxygen atoms in total. The molecule has 2 aromatic heterocycles. The van der Waals surface area contributed by atoms with E-state index in [2.05, 4.69) is 21.3 Å². The Kier molecular flexibility index (Phi) is 4.08. The number of carbonyl (C=O) groups is 1. The lowest BCUT2D eigenvalue weighted by Gasteiger charge is -2.17. The van der Waals surface area contributed by atoms with E-state index in [4.69, 9.17) is 4.74 Å². The number of amides is 1. The lowest BCUT2D eigenvalue weighted by molar-refractivity contribution is 0.0926. The summed E-state index contributed by atoms with van der Waals surface area (Å²) in [7, 11) is 1.64. The summed E-state index contributed by atoms with van der Waals surface area (Å²) in [6.45, 7) is 1.10. The van der Waals surface area contributed by atoms with Crippen molar-refractivity contribution in [2.45, 2.75) is 31.7 Å². The summed E-state index contributed by atoms with van der Waals surface area (Å²) in [5, 5.41) is 5.03. The Morgan fingerprint density at radius 3 is 3.05 bits per heavy atom. The minimum absolute atomic E-state index is 0.0114. The summed E-state index contributed by atoms with van der Waals surface area (Å²) in [6.07, 6.45) is 4.88. The Morgan fingerprint density at radius 1 is 1.50 bits per heavy atom. The van der Waals surface area contributed by atoms with Crippen LogP contribution in [0.15, 0.2) is 17.5 Å². The third-order valence-electron chi connectivity index (χ3n) is 3.97. The maximum absolute atomic E-state index is 12.4. The highest BCUT2D eigenvalue weighted by atomic mass is 32.1. The predicted octanol–water partition coefficient (Wildman–Crippen LogP) is 3.19. The number of carbonyl (C=O) groups excluding carboxylic acids is 1. The number of hydrogen-bond acceptors (Lipinski definition) is 3. The van der Waals surface area contributed by atoms with E-state index in [-0.39, 0.29) is 5.91 Å². The van der Waals surface area contributed by atoms with E-state index in [0.717, 1.165) is 5.69 Å². The Labute approximate surface area is 122 Å². The van der Waals surface area contributed by atoms with Crippen LogP contribution in [-0.4, -0.2) is 30.7 Å². The molecular formula is C15H20N2O2S. The van der Waals surface area contributed by atoms with Crippen LogP contribution in [0.4, 0.5) is 0 Å². The van der Waals surface area contributed by atoms with E-state index in [1.807, 2.05) is 6.07 Å². The molecule has 1 aliphatic rings. The van der Waals surface area contributed by atoms with Gasteiger partial charge >= 0.3 is 0 Å². The summed E-state index contributed by atoms with van der Waals surface area (Å²) >= 11 is 1.70. The van der Waals surface area contributed by atoms with Crippen LogP contribution in [0.2, 0.25) is 0 Å². The molecule has 0 aliphatic heterocycles. The van der Waals surface area contributed by atoms with Crippen LogP contribution in [0.25, 0.3) is 10.2 Å². The van der Waals surface area contributed by atoms with Crippen LogP contribution in [0.5, 0.6) is 0 Å². The second-order valence-corrected chi connectivity index (χ2v) is 6.20. The lowest BCUT2D eigenvalue weighted by Crippen LogP contribution is -2.29. The first-order valence-corrected chi connectivity index (χ1v) is 8.05. The third-order valence-corrected chi connectivity index (χ3v) is 4.83. The van der Waals surface area contributed by atoms with Crippen molar-refractivity contribution in [2.24, 2.45) is 0 Å². The fourth-order valence-corrected chi connectivity index (χ4v) is 3.84. The molecule has 1 saturated carbocycles. The highest BCUT2D eigenvalue weighted by Gasteiger charge is 2.24. The summed E-state index contributed by atoms with van der Waals surface area (Å²) in [5.41, 5.74) is 2.01. The molecule has 0 spiro atoms. The van der Waals surface area contributed by atoms with Crippen molar-refractivity contribution in [3.05, 3.63) is 23.2 Å². The van der Waals surface area contributed by atoms with Crippen LogP contribution >= 0.6 is 11.3 Å². The number of nitrogens with one attached hydrogen (secondary N) is 1. The number of rotatable bonds is 5. The summed E-state index contributed by atoms with van der Waals surface area (Å²) in [6, 6.07) is 4.63. The molecule has 0 unspecified atom stereocenters. The van der Waals surface area contributed by atoms with Gasteiger partial charge in [0, 0.05) is 19.7 Å². The SMILES string of the molecule is COCCNC(=O)c1cc2sccc2n1C1CCCC1. The van der Waals surface area contributed by atoms with Gasteiger partial charge in [-0.05, 0) is 30.4 Å². The average molecular weight is 292 g/mol. The number of aromatic nitrogens is 1. The van der Waals surface area contributed by atoms with E-state index in [1.54, 1.807) is 18.4 Å². The number of ether oxygens (including phenoxy) is 1. The number of fused-ring (bicyclic) bond motifs is 1. The summed E-state index contributed by atoms with van der Waals surface area (Å²) < 4.78 is 8.44. The molecule has 2 heterocycles. The van der Waals surface area contributed by atoms with Gasteiger partial charge in [0.1, 0.15) is 5.69 Å². The van der Waals surface area contributed by atoms with E-state index >= 15 is 0 Å². The maximum Gasteiger partial charge on any atom is 0.268 e. The van der Waals surface area contributed by atoms with Gasteiger partial charge in [0.25, 0.3) is 5.91 Å². The zero-order chi connectivity index (χ0) is 13.9. The topological polar surface area (TPSA) is 43.3 Å². The first-order chi connectivity index (χ1) is 9.81. The van der Waals surface area contributed by atoms with Gasteiger partial charge in [-0.2, -0.15) is 0 Å². The van der Waals surface area contributed by atoms with E-state index in [1.165, 1.54) is 35.9 Å². The van der Waals surface area contributed by atoms with Crippen molar-refractivity contribution in [3.8, 4) is 0 Å². The van der Waals surface area contributed by atoms with E-state index < -0.39 is 0 Å². The van der Waals surface area contributed by atoms with E-state index in [0.29, 0.717) is 19.2 Å². The van der Waals surface area contributed by atoms with Gasteiger partial charge in [0.05, 0.1) is 16.8 Å². The zero-order valence-corrected chi connectivity index (χ0v) is 12.5. The molecule has 1 N–H and O–H groups in total. The van der Waals surface area contributed by atoms with Crippen LogP contribution in [0, 0.1) is 0 Å². The van der Waals surface area contributed by atoms with Crippen molar-refractivity contribution in [1.29, 1.82) is 0 Å². The Morgan fingerprint density at radius 2 is 2.30 bits per heavy atom. The third kappa shape index (κ3) is 2.47. The van der Waals surface area contributed by atoms with Crippen molar-refractivity contribution >= 4 is 27.5 Å². The highest BCUT2D eigenvalue weighted by molar-refractivity contribution is 7.17. The molecule has 5 heteroatoms. The fourth-order valence-electron chi connectivity index (χ4n) is 3.03. The van der Waals surface area contributed by atoms with Crippen molar-refractivity contribution in [3.63, 3.8) is 0 Å². The number of hydrogen-bond donors (Lipinski definition) is 1. The smallest absolute Gasteiger partial charge is 0.268 e. The molecular weight excluding hydrogens is 272 g/mol. The number of thiophene rings is 1. The molecule has 0 radical (unpaired) electrons. The van der Waals surface area contributed by atoms with Gasteiger partial charge in [-0.15, -0.1) is 11.3 Å². The Balaban J connectivity index is 1.90. The summed E-state index contributed by atoms with van der Waals surface area (Å²) in [4.78, 5) is 12.4. The normalized spacial score (nSPS) is 16.1. The van der Waals surface area contributed by atoms with Gasteiger partial charge in [-0.25, -0.2) is 0 Å². The standard InChI is InChI=1S/C15H20N2O2S/c1-19-8-7-16-15(18)13-10-14-12(6-9-20-14)17(13)11-4-2-3-5-11/h6,9-11H,2-5,7-8H2,1H3,(H,16,18). The molecule has 20 heavy (non-hydrogen) atoms. The van der Waals surface area contributed by atoms with Crippen molar-refractivity contribution < 1.29 is 9.53 Å². The first kappa shape index (κ1) is 13.6. The van der Waals surface area contributed by atoms with Gasteiger partial charge < -0.3 is 14.6 Å². The van der Waals surface area contributed by atoms with Crippen LogP contribution in [0.1, 0.15) is 42.2 Å². The Hall–Kier alpha value is -1.33. The molecule has 2 aromatic rings. The van der Waals surface area contributed by atoms with Gasteiger partial charge in [-0.1, -0.05) is 12.8 Å². The molecule has 1 fully saturated rings. The van der Waals surface area contributed by atoms with Crippen molar-refractivity contribution in [1.82, 2.24) is 9.88 Å². The minimum Gasteiger partial charge on any atom is -0.383 e. The van der Waals surface area contributed by atoms with Gasteiger partial charge in [0.15, 0.2) is 0 Å². The minimum atomic E-state index is 0.0114. The molecule has 0 aromatic carbocycles.